The van der Waals surface area contributed by atoms with Crippen molar-refractivity contribution in [3.63, 3.8) is 0 Å². The number of nitrogens with zero attached hydrogens (tertiary/aromatic N) is 17. The maximum Gasteiger partial charge on any atom is 0.356 e. The van der Waals surface area contributed by atoms with Crippen molar-refractivity contribution in [1.82, 2.24) is 74.3 Å². The predicted molar refractivity (Wildman–Crippen MR) is 368 cm³/mol. The molecule has 0 unspecified atom stereocenters. The van der Waals surface area contributed by atoms with Crippen molar-refractivity contribution >= 4 is 111 Å². The third-order valence-corrected chi connectivity index (χ3v) is 18.1. The summed E-state index contributed by atoms with van der Waals surface area (Å²) < 4.78 is 106. The molecule has 7 aliphatic rings. The number of rotatable bonds is 15. The van der Waals surface area contributed by atoms with Gasteiger partial charge in [-0.05, 0) is 12.5 Å². The van der Waals surface area contributed by atoms with Crippen molar-refractivity contribution in [1.29, 1.82) is 0 Å². The van der Waals surface area contributed by atoms with Crippen LogP contribution in [0.25, 0.3) is 22.6 Å². The van der Waals surface area contributed by atoms with Gasteiger partial charge < -0.3 is 65.0 Å². The van der Waals surface area contributed by atoms with Gasteiger partial charge >= 0.3 is 5.97 Å². The summed E-state index contributed by atoms with van der Waals surface area (Å²) >= 11 is 12.1. The lowest BCUT2D eigenvalue weighted by molar-refractivity contribution is -0.0910. The van der Waals surface area contributed by atoms with Gasteiger partial charge in [-0.15, -0.1) is 0 Å². The number of nitrogens with two attached hydrogens (primary N) is 1. The van der Waals surface area contributed by atoms with Crippen LogP contribution in [0.5, 0.6) is 0 Å². The van der Waals surface area contributed by atoms with Crippen LogP contribution < -0.4 is 52.2 Å². The van der Waals surface area contributed by atoms with Crippen LogP contribution in [0.15, 0.2) is 77.9 Å². The summed E-state index contributed by atoms with van der Waals surface area (Å²) in [7, 11) is 0. The first kappa shape index (κ1) is 72.4. The van der Waals surface area contributed by atoms with E-state index >= 15 is 0 Å². The van der Waals surface area contributed by atoms with E-state index in [0.717, 1.165) is 28.6 Å². The van der Waals surface area contributed by atoms with Crippen LogP contribution in [0, 0.1) is 6.92 Å². The summed E-state index contributed by atoms with van der Waals surface area (Å²) in [4.78, 5) is 73.5. The largest absolute Gasteiger partial charge is 0.476 e. The van der Waals surface area contributed by atoms with Crippen molar-refractivity contribution in [2.45, 2.75) is 81.3 Å². The first-order valence-electron chi connectivity index (χ1n) is 33.2. The molecule has 0 atom stereocenters. The minimum atomic E-state index is -2.71. The van der Waals surface area contributed by atoms with Crippen molar-refractivity contribution in [2.75, 3.05) is 136 Å². The number of benzene rings is 1. The third-order valence-electron chi connectivity index (χ3n) is 17.7. The highest BCUT2D eigenvalue weighted by atomic mass is 35.5. The fourth-order valence-electron chi connectivity index (χ4n) is 12.4. The summed E-state index contributed by atoms with van der Waals surface area (Å²) in [5.41, 5.74) is 9.59. The molecule has 12 heterocycles. The Balaban J connectivity index is 0.000000126. The topological polar surface area (TPSA) is 358 Å². The van der Waals surface area contributed by atoms with Crippen molar-refractivity contribution < 1.29 is 69.6 Å². The number of nitrogen functional groups attached to an aromatic ring is 1. The number of carbonyl (C=O) groups excluding carboxylic acids is 3. The molecule has 8 aromatic heterocycles. The van der Waals surface area contributed by atoms with E-state index in [-0.39, 0.29) is 61.3 Å². The van der Waals surface area contributed by atoms with Gasteiger partial charge in [-0.25, -0.2) is 56.9 Å². The first-order valence-corrected chi connectivity index (χ1v) is 34.0. The molecule has 0 spiro atoms. The SMILES string of the molecule is Cc1cccc(/C=N/Nc2cc(N3CCOCC3)n3nc(C(=O)NC4CC(F)(F)C4)cc3n2)c1.NNc1cc(N2CCOCC2)n2nc(C(=O)NC3CC(F)(F)C3)cc2n1.O=C(NC1CC(F)(F)C1)c1cc2nc(Cl)cc(N3CCOCC3)n2n1.O=C(O)c1cc2nc(Cl)cc(N3CCOCC3)n2n1. The van der Waals surface area contributed by atoms with Gasteiger partial charge in [0.2, 0.25) is 0 Å². The summed E-state index contributed by atoms with van der Waals surface area (Å²) in [5.74, 6) is -1.34. The number of hydrazine groups is 1. The number of amides is 3. The van der Waals surface area contributed by atoms with Crippen LogP contribution in [0.2, 0.25) is 10.3 Å². The lowest BCUT2D eigenvalue weighted by atomic mass is 9.88. The van der Waals surface area contributed by atoms with Gasteiger partial charge in [0.25, 0.3) is 35.5 Å². The van der Waals surface area contributed by atoms with E-state index < -0.39 is 59.6 Å². The van der Waals surface area contributed by atoms with E-state index in [2.05, 4.69) is 82.0 Å². The molecule has 7 fully saturated rings. The molecule has 552 valence electrons. The fourth-order valence-corrected chi connectivity index (χ4v) is 12.8. The number of ether oxygens (including phenoxy) is 4. The Bertz CT molecular complexity index is 4650. The summed E-state index contributed by atoms with van der Waals surface area (Å²) in [5, 5.41) is 38.7. The zero-order chi connectivity index (χ0) is 73.0. The second kappa shape index (κ2) is 30.8. The number of aromatic nitrogens is 12. The molecule has 0 bridgehead atoms. The number of hydrogen-bond acceptors (Lipinski definition) is 24. The predicted octanol–water partition coefficient (Wildman–Crippen LogP) is 5.89. The van der Waals surface area contributed by atoms with Crippen molar-refractivity contribution in [3.8, 4) is 0 Å². The number of halogens is 8. The molecule has 8 N–H and O–H groups in total. The molecule has 32 nitrogen and oxygen atoms in total. The Morgan fingerprint density at radius 3 is 1.16 bits per heavy atom. The van der Waals surface area contributed by atoms with E-state index in [4.69, 9.17) is 53.1 Å². The van der Waals surface area contributed by atoms with E-state index in [1.807, 2.05) is 47.1 Å². The number of aromatic carboxylic acids is 1. The third kappa shape index (κ3) is 17.3. The van der Waals surface area contributed by atoms with E-state index in [0.29, 0.717) is 156 Å². The lowest BCUT2D eigenvalue weighted by Gasteiger charge is -2.35. The Morgan fingerprint density at radius 1 is 0.490 bits per heavy atom. The molecule has 3 saturated carbocycles. The quantitative estimate of drug-likeness (QED) is 0.0207. The van der Waals surface area contributed by atoms with E-state index in [1.54, 1.807) is 44.0 Å². The highest BCUT2D eigenvalue weighted by Crippen LogP contribution is 2.40. The second-order valence-corrected chi connectivity index (χ2v) is 26.3. The van der Waals surface area contributed by atoms with Gasteiger partial charge in [0.15, 0.2) is 51.2 Å². The van der Waals surface area contributed by atoms with Crippen LogP contribution in [-0.2, 0) is 18.9 Å². The summed E-state index contributed by atoms with van der Waals surface area (Å²) in [6.07, 6.45) is -0.358. The Hall–Kier alpha value is -9.99. The number of hydrogen-bond donors (Lipinski definition) is 7. The molecule has 4 saturated heterocycles. The number of aryl methyl sites for hydroxylation is 1. The highest BCUT2D eigenvalue weighted by Gasteiger charge is 2.48. The van der Waals surface area contributed by atoms with Gasteiger partial charge in [-0.2, -0.15) is 43.6 Å². The maximum absolute atomic E-state index is 13.1. The summed E-state index contributed by atoms with van der Waals surface area (Å²) in [6, 6.07) is 19.2. The number of morpholine rings is 4. The number of anilines is 6. The molecule has 104 heavy (non-hydrogen) atoms. The Morgan fingerprint density at radius 2 is 0.817 bits per heavy atom. The molecule has 3 aliphatic carbocycles. The van der Waals surface area contributed by atoms with Crippen molar-refractivity contribution in [2.24, 2.45) is 10.9 Å². The average molecular weight is 1490 g/mol. The molecule has 4 aliphatic heterocycles. The minimum absolute atomic E-state index is 0.0516. The number of carboxylic acid groups (broad SMARTS) is 1. The second-order valence-electron chi connectivity index (χ2n) is 25.5. The Kier molecular flexibility index (Phi) is 21.4. The average Bonchev–Trinajstić information content (AvgIpc) is 1.65. The van der Waals surface area contributed by atoms with Gasteiger partial charge in [-0.3, -0.25) is 19.8 Å². The van der Waals surface area contributed by atoms with Crippen molar-refractivity contribution in [3.05, 3.63) is 117 Å². The van der Waals surface area contributed by atoms with Crippen LogP contribution >= 0.6 is 23.2 Å². The van der Waals surface area contributed by atoms with Gasteiger partial charge in [0, 0.05) is 158 Å². The fraction of sp³-hybridized carbons (Fsp3) is 0.453. The smallest absolute Gasteiger partial charge is 0.356 e. The molecule has 9 aromatic rings. The minimum Gasteiger partial charge on any atom is -0.476 e. The number of carboxylic acids is 1. The van der Waals surface area contributed by atoms with Crippen LogP contribution in [0.3, 0.4) is 0 Å². The number of carbonyl (C=O) groups is 4. The lowest BCUT2D eigenvalue weighted by Crippen LogP contribution is -2.50. The first-order chi connectivity index (χ1) is 49.9. The van der Waals surface area contributed by atoms with Gasteiger partial charge in [0.1, 0.15) is 39.4 Å². The molecule has 40 heteroatoms. The van der Waals surface area contributed by atoms with Crippen LogP contribution in [0.4, 0.5) is 61.2 Å². The van der Waals surface area contributed by atoms with Crippen LogP contribution in [0.1, 0.15) is 91.6 Å². The number of fused-ring (bicyclic) bond motifs is 4. The monoisotopic (exact) mass is 1490 g/mol. The number of alkyl halides is 6. The van der Waals surface area contributed by atoms with E-state index in [9.17, 15) is 45.5 Å². The van der Waals surface area contributed by atoms with E-state index in [1.165, 1.54) is 22.7 Å². The molecule has 0 radical (unpaired) electrons. The van der Waals surface area contributed by atoms with Crippen LogP contribution in [-0.4, -0.2) is 235 Å². The number of hydrazone groups is 1. The zero-order valence-electron chi connectivity index (χ0n) is 55.7. The Labute approximate surface area is 597 Å². The van der Waals surface area contributed by atoms with Gasteiger partial charge in [0.05, 0.1) is 59.1 Å². The molecular weight excluding hydrogens is 1420 g/mol. The standard InChI is InChI=1S/C23H25F2N7O2.C15H16ClF2N5O2.C15H19F2N7O2.C11H11ClN4O3/c1-15-3-2-4-16(9-15)14-26-29-19-11-21(31-5-7-34-8-6-31)32-20(28-19)10-18(30-32)22(33)27-17-12-23(24,25)13-17;16-11-6-13(22-1-3-25-4-2-22)23-12(20-11)5-10(21-23)14(24)19-9-7-15(17,18)8-9;16-15(17)7-9(8-15)19-14(25)10-5-12-20-11(21-18)6-13(24(12)22-10)23-1-3-26-4-2-23;12-8-6-10(15-1-3-19-4-2-15)16-9(13-8)5-7(14-16)11(17)18/h2-4,9-11,14,17H,5-8,12-13H2,1H3,(H,27,33)(H,28,29);5-6,9H,1-4,7-8H2,(H,19,24);5-6,9H,1-4,7-8,18H2,(H,19,25)(H,20,21);5-6H,1-4H2,(H,17,18)/b26-14+;;;. The highest BCUT2D eigenvalue weighted by molar-refractivity contribution is 6.30. The maximum atomic E-state index is 13.1. The zero-order valence-corrected chi connectivity index (χ0v) is 57.2. The normalized spacial score (nSPS) is 18.8. The molecular formula is C64H71Cl2F6N23O9. The molecule has 1 aromatic carbocycles. The molecule has 3 amide bonds. The van der Waals surface area contributed by atoms with Gasteiger partial charge in [-0.1, -0.05) is 53.0 Å². The number of nitrogens with one attached hydrogen (secondary N) is 5. The molecule has 16 rings (SSSR count). The summed E-state index contributed by atoms with van der Waals surface area (Å²) in [6.45, 7) is 12.2.